The highest BCUT2D eigenvalue weighted by Gasteiger charge is 2.31. The second kappa shape index (κ2) is 4.73. The molecule has 17 heavy (non-hydrogen) atoms. The van der Waals surface area contributed by atoms with E-state index in [1.165, 1.54) is 12.1 Å². The molecule has 0 saturated heterocycles. The van der Waals surface area contributed by atoms with Gasteiger partial charge in [-0.2, -0.15) is 0 Å². The maximum absolute atomic E-state index is 14.1. The van der Waals surface area contributed by atoms with Crippen molar-refractivity contribution >= 4 is 0 Å². The van der Waals surface area contributed by atoms with Gasteiger partial charge in [0.05, 0.1) is 0 Å². The van der Waals surface area contributed by atoms with Crippen LogP contribution in [0.3, 0.4) is 0 Å². The molecule has 1 aromatic carbocycles. The molecule has 0 heterocycles. The monoisotopic (exact) mass is 239 g/mol. The fraction of sp³-hybridized carbons (Fsp3) is 0.571. The Kier molecular flexibility index (Phi) is 3.48. The zero-order valence-electron chi connectivity index (χ0n) is 10.3. The second-order valence-electron chi connectivity index (χ2n) is 5.28. The second-order valence-corrected chi connectivity index (χ2v) is 5.28. The number of nitrogens with two attached hydrogens (primary N) is 1. The number of benzene rings is 1. The molecule has 1 aromatic rings. The van der Waals surface area contributed by atoms with E-state index >= 15 is 0 Å². The summed E-state index contributed by atoms with van der Waals surface area (Å²) in [4.78, 5) is 0. The summed E-state index contributed by atoms with van der Waals surface area (Å²) in [7, 11) is 0. The SMILES string of the molecule is Cc1ccc(F)c(C2CC(C)CCC2N)c1F. The predicted octanol–water partition coefficient (Wildman–Crippen LogP) is 3.50. The van der Waals surface area contributed by atoms with Gasteiger partial charge in [-0.25, -0.2) is 8.78 Å². The van der Waals surface area contributed by atoms with Crippen molar-refractivity contribution in [3.63, 3.8) is 0 Å². The molecule has 0 aromatic heterocycles. The van der Waals surface area contributed by atoms with Gasteiger partial charge in [-0.3, -0.25) is 0 Å². The van der Waals surface area contributed by atoms with Crippen LogP contribution >= 0.6 is 0 Å². The van der Waals surface area contributed by atoms with Gasteiger partial charge in [0, 0.05) is 17.5 Å². The molecule has 2 N–H and O–H groups in total. The largest absolute Gasteiger partial charge is 0.327 e. The normalized spacial score (nSPS) is 29.4. The Morgan fingerprint density at radius 2 is 1.94 bits per heavy atom. The minimum atomic E-state index is -0.456. The van der Waals surface area contributed by atoms with Crippen molar-refractivity contribution in [1.82, 2.24) is 0 Å². The molecule has 3 atom stereocenters. The van der Waals surface area contributed by atoms with E-state index in [0.29, 0.717) is 11.5 Å². The number of hydrogen-bond acceptors (Lipinski definition) is 1. The molecule has 0 spiro atoms. The average Bonchev–Trinajstić information content (AvgIpc) is 2.29. The molecule has 1 saturated carbocycles. The molecule has 1 aliphatic carbocycles. The van der Waals surface area contributed by atoms with E-state index in [-0.39, 0.29) is 17.5 Å². The number of hydrogen-bond donors (Lipinski definition) is 1. The van der Waals surface area contributed by atoms with Crippen LogP contribution in [-0.2, 0) is 0 Å². The van der Waals surface area contributed by atoms with E-state index in [4.69, 9.17) is 5.73 Å². The van der Waals surface area contributed by atoms with Crippen LogP contribution in [0.5, 0.6) is 0 Å². The molecule has 3 unspecified atom stereocenters. The Bertz CT molecular complexity index is 417. The maximum Gasteiger partial charge on any atom is 0.132 e. The van der Waals surface area contributed by atoms with Gasteiger partial charge in [0.25, 0.3) is 0 Å². The minimum Gasteiger partial charge on any atom is -0.327 e. The fourth-order valence-electron chi connectivity index (χ4n) is 2.75. The molecule has 1 nitrogen and oxygen atoms in total. The van der Waals surface area contributed by atoms with Gasteiger partial charge in [0.2, 0.25) is 0 Å². The van der Waals surface area contributed by atoms with E-state index in [0.717, 1.165) is 19.3 Å². The van der Waals surface area contributed by atoms with Crippen molar-refractivity contribution in [1.29, 1.82) is 0 Å². The van der Waals surface area contributed by atoms with Gasteiger partial charge in [-0.15, -0.1) is 0 Å². The summed E-state index contributed by atoms with van der Waals surface area (Å²) in [5, 5.41) is 0. The first kappa shape index (κ1) is 12.5. The Balaban J connectivity index is 2.41. The van der Waals surface area contributed by atoms with Gasteiger partial charge in [0.1, 0.15) is 11.6 Å². The van der Waals surface area contributed by atoms with E-state index in [1.807, 2.05) is 0 Å². The third-order valence-corrected chi connectivity index (χ3v) is 3.86. The summed E-state index contributed by atoms with van der Waals surface area (Å²) in [6.07, 6.45) is 2.67. The van der Waals surface area contributed by atoms with Gasteiger partial charge in [-0.1, -0.05) is 13.0 Å². The quantitative estimate of drug-likeness (QED) is 0.797. The lowest BCUT2D eigenvalue weighted by molar-refractivity contribution is 0.295. The van der Waals surface area contributed by atoms with E-state index in [9.17, 15) is 8.78 Å². The topological polar surface area (TPSA) is 26.0 Å². The van der Waals surface area contributed by atoms with Crippen molar-refractivity contribution in [3.05, 3.63) is 34.9 Å². The first-order valence-corrected chi connectivity index (χ1v) is 6.20. The van der Waals surface area contributed by atoms with E-state index in [2.05, 4.69) is 6.92 Å². The average molecular weight is 239 g/mol. The van der Waals surface area contributed by atoms with Crippen LogP contribution in [0.1, 0.15) is 43.2 Å². The van der Waals surface area contributed by atoms with E-state index in [1.54, 1.807) is 6.92 Å². The summed E-state index contributed by atoms with van der Waals surface area (Å²) in [5.74, 6) is -0.569. The molecule has 0 aliphatic heterocycles. The Labute approximate surface area is 101 Å². The molecule has 2 rings (SSSR count). The number of rotatable bonds is 1. The third kappa shape index (κ3) is 2.34. The van der Waals surface area contributed by atoms with Gasteiger partial charge < -0.3 is 5.73 Å². The van der Waals surface area contributed by atoms with Crippen LogP contribution < -0.4 is 5.73 Å². The molecule has 1 fully saturated rings. The highest BCUT2D eigenvalue weighted by Crippen LogP contribution is 2.38. The number of halogens is 2. The highest BCUT2D eigenvalue weighted by molar-refractivity contribution is 5.31. The first-order valence-electron chi connectivity index (χ1n) is 6.20. The first-order chi connectivity index (χ1) is 8.00. The molecule has 3 heteroatoms. The molecular formula is C14H19F2N. The highest BCUT2D eigenvalue weighted by atomic mass is 19.1. The molecule has 0 bridgehead atoms. The minimum absolute atomic E-state index is 0.128. The number of aryl methyl sites for hydroxylation is 1. The van der Waals surface area contributed by atoms with Crippen LogP contribution in [0.25, 0.3) is 0 Å². The molecule has 0 amide bonds. The Hall–Kier alpha value is -0.960. The summed E-state index contributed by atoms with van der Waals surface area (Å²) >= 11 is 0. The van der Waals surface area contributed by atoms with Gasteiger partial charge in [-0.05, 0) is 43.7 Å². The lowest BCUT2D eigenvalue weighted by atomic mass is 9.75. The van der Waals surface area contributed by atoms with Crippen LogP contribution in [0.2, 0.25) is 0 Å². The standard InChI is InChI=1S/C14H19F2N/c1-8-3-6-12(17)10(7-8)13-11(15)5-4-9(2)14(13)16/h4-5,8,10,12H,3,6-7,17H2,1-2H3. The third-order valence-electron chi connectivity index (χ3n) is 3.86. The lowest BCUT2D eigenvalue weighted by Gasteiger charge is -2.33. The summed E-state index contributed by atoms with van der Waals surface area (Å²) in [5.41, 5.74) is 6.72. The van der Waals surface area contributed by atoms with Crippen molar-refractivity contribution in [3.8, 4) is 0 Å². The molecule has 0 radical (unpaired) electrons. The van der Waals surface area contributed by atoms with Crippen molar-refractivity contribution in [2.75, 3.05) is 0 Å². The summed E-state index contributed by atoms with van der Waals surface area (Å²) in [6, 6.07) is 2.70. The predicted molar refractivity (Wildman–Crippen MR) is 64.8 cm³/mol. The summed E-state index contributed by atoms with van der Waals surface area (Å²) in [6.45, 7) is 3.78. The van der Waals surface area contributed by atoms with Crippen molar-refractivity contribution < 1.29 is 8.78 Å². The fourth-order valence-corrected chi connectivity index (χ4v) is 2.75. The van der Waals surface area contributed by atoms with Gasteiger partial charge in [0.15, 0.2) is 0 Å². The molecule has 94 valence electrons. The lowest BCUT2D eigenvalue weighted by Crippen LogP contribution is -2.35. The van der Waals surface area contributed by atoms with Crippen LogP contribution in [0, 0.1) is 24.5 Å². The molecular weight excluding hydrogens is 220 g/mol. The van der Waals surface area contributed by atoms with Crippen molar-refractivity contribution in [2.24, 2.45) is 11.7 Å². The summed E-state index contributed by atoms with van der Waals surface area (Å²) < 4.78 is 27.9. The zero-order valence-corrected chi connectivity index (χ0v) is 10.3. The molecule has 1 aliphatic rings. The Morgan fingerprint density at radius 1 is 1.24 bits per heavy atom. The zero-order chi connectivity index (χ0) is 12.6. The van der Waals surface area contributed by atoms with Crippen LogP contribution in [0.4, 0.5) is 8.78 Å². The Morgan fingerprint density at radius 3 is 2.65 bits per heavy atom. The smallest absolute Gasteiger partial charge is 0.132 e. The van der Waals surface area contributed by atoms with Gasteiger partial charge >= 0.3 is 0 Å². The van der Waals surface area contributed by atoms with E-state index < -0.39 is 11.6 Å². The van der Waals surface area contributed by atoms with Crippen LogP contribution in [-0.4, -0.2) is 6.04 Å². The van der Waals surface area contributed by atoms with Crippen molar-refractivity contribution in [2.45, 2.75) is 45.1 Å². The van der Waals surface area contributed by atoms with Crippen LogP contribution in [0.15, 0.2) is 12.1 Å². The maximum atomic E-state index is 14.1.